The van der Waals surface area contributed by atoms with Crippen LogP contribution in [0.5, 0.6) is 0 Å². The van der Waals surface area contributed by atoms with Crippen molar-refractivity contribution in [3.05, 3.63) is 144 Å². The van der Waals surface area contributed by atoms with E-state index in [1.165, 1.54) is 120 Å². The highest BCUT2D eigenvalue weighted by Crippen LogP contribution is 2.23. The van der Waals surface area contributed by atoms with Crippen molar-refractivity contribution in [3.8, 4) is 0 Å². The van der Waals surface area contributed by atoms with Crippen molar-refractivity contribution >= 4 is 111 Å². The number of amides is 11. The van der Waals surface area contributed by atoms with Gasteiger partial charge >= 0.3 is 5.97 Å². The van der Waals surface area contributed by atoms with Crippen LogP contribution >= 0.6 is 0 Å². The first-order chi connectivity index (χ1) is 45.1. The summed E-state index contributed by atoms with van der Waals surface area (Å²) in [5.41, 5.74) is 14.8. The quantitative estimate of drug-likeness (QED) is 0.0298. The Balaban J connectivity index is 0.770. The normalized spacial score (nSPS) is 11.3. The van der Waals surface area contributed by atoms with E-state index in [1.54, 1.807) is 70.9 Å². The maximum atomic E-state index is 13.8. The Morgan fingerprint density at radius 1 is 0.432 bits per heavy atom. The van der Waals surface area contributed by atoms with Crippen LogP contribution in [-0.4, -0.2) is 145 Å². The molecular formula is C61H73N21O13. The number of nitrogens with one attached hydrogen (secondary N) is 10. The molecule has 14 N–H and O–H groups in total. The number of anilines is 7. The van der Waals surface area contributed by atoms with E-state index >= 15 is 0 Å². The molecular weight excluding hydrogens is 1230 g/mol. The molecule has 0 unspecified atom stereocenters. The number of carbonyl (C=O) groups is 12. The van der Waals surface area contributed by atoms with Crippen molar-refractivity contribution < 1.29 is 62.3 Å². The molecule has 8 aromatic heterocycles. The molecule has 0 spiro atoms. The Labute approximate surface area is 542 Å². The number of hydrogen-bond donors (Lipinski definition) is 12. The van der Waals surface area contributed by atoms with Gasteiger partial charge in [0.2, 0.25) is 17.7 Å². The Morgan fingerprint density at radius 3 is 1.20 bits per heavy atom. The summed E-state index contributed by atoms with van der Waals surface area (Å²) in [6, 6.07) is 9.04. The van der Waals surface area contributed by atoms with E-state index in [0.29, 0.717) is 17.1 Å². The van der Waals surface area contributed by atoms with E-state index in [2.05, 4.69) is 58.2 Å². The van der Waals surface area contributed by atoms with E-state index in [1.807, 2.05) is 0 Å². The first kappa shape index (κ1) is 68.7. The average molecular weight is 1310 g/mol. The smallest absolute Gasteiger partial charge is 0.305 e. The molecule has 8 heterocycles. The van der Waals surface area contributed by atoms with E-state index in [9.17, 15) is 57.5 Å². The number of nitrogens with two attached hydrogens (primary N) is 2. The van der Waals surface area contributed by atoms with Gasteiger partial charge < -0.3 is 106 Å². The number of methoxy groups -OCH3 is 1. The molecule has 8 aromatic rings. The Hall–Kier alpha value is -12.2. The maximum Gasteiger partial charge on any atom is 0.305 e. The first-order valence-electron chi connectivity index (χ1n) is 29.4. The molecule has 1 atom stereocenters. The summed E-state index contributed by atoms with van der Waals surface area (Å²) in [7, 11) is 12.6. The van der Waals surface area contributed by atoms with Crippen molar-refractivity contribution in [2.24, 2.45) is 60.8 Å². The molecule has 34 heteroatoms. The molecule has 0 bridgehead atoms. The lowest BCUT2D eigenvalue weighted by Gasteiger charge is -2.12. The van der Waals surface area contributed by atoms with Gasteiger partial charge in [-0.2, -0.15) is 0 Å². The second-order valence-corrected chi connectivity index (χ2v) is 22.1. The van der Waals surface area contributed by atoms with Crippen molar-refractivity contribution in [1.29, 1.82) is 0 Å². The van der Waals surface area contributed by atoms with Crippen LogP contribution in [0, 0.1) is 0 Å². The zero-order chi connectivity index (χ0) is 68.9. The summed E-state index contributed by atoms with van der Waals surface area (Å²) in [5.74, 6) is -6.17. The zero-order valence-corrected chi connectivity index (χ0v) is 53.2. The Kier molecular flexibility index (Phi) is 21.9. The summed E-state index contributed by atoms with van der Waals surface area (Å²) in [4.78, 5) is 159. The van der Waals surface area contributed by atoms with E-state index in [0.717, 1.165) is 0 Å². The number of esters is 1. The minimum absolute atomic E-state index is 0.00264. The summed E-state index contributed by atoms with van der Waals surface area (Å²) in [6.07, 6.45) is 13.9. The number of ether oxygens (including phenoxy) is 1. The minimum Gasteiger partial charge on any atom is -0.469 e. The van der Waals surface area contributed by atoms with Crippen molar-refractivity contribution in [3.63, 3.8) is 0 Å². The van der Waals surface area contributed by atoms with Crippen LogP contribution in [0.4, 0.5) is 39.8 Å². The summed E-state index contributed by atoms with van der Waals surface area (Å²) >= 11 is 0. The summed E-state index contributed by atoms with van der Waals surface area (Å²) < 4.78 is 16.8. The molecule has 8 rings (SSSR count). The fourth-order valence-corrected chi connectivity index (χ4v) is 9.98. The molecule has 0 aliphatic rings. The molecule has 0 saturated heterocycles. The van der Waals surface area contributed by atoms with Crippen LogP contribution < -0.4 is 64.6 Å². The lowest BCUT2D eigenvalue weighted by Crippen LogP contribution is -2.39. The average Bonchev–Trinajstić information content (AvgIpc) is 1.70. The van der Waals surface area contributed by atoms with Crippen LogP contribution in [-0.2, 0) is 79.8 Å². The zero-order valence-electron chi connectivity index (χ0n) is 53.2. The predicted molar refractivity (Wildman–Crippen MR) is 346 cm³/mol. The number of imidazole rings is 1. The largest absolute Gasteiger partial charge is 0.469 e. The van der Waals surface area contributed by atoms with Crippen LogP contribution in [0.25, 0.3) is 0 Å². The summed E-state index contributed by atoms with van der Waals surface area (Å²) in [6.45, 7) is 0.0807. The number of aromatic nitrogens is 9. The molecule has 0 aromatic carbocycles. The van der Waals surface area contributed by atoms with E-state index in [4.69, 9.17) is 16.2 Å². The Bertz CT molecular complexity index is 4290. The highest BCUT2D eigenvalue weighted by molar-refractivity contribution is 6.09. The SMILES string of the molecule is COC(=O)CCCn1cc(NC(=O)CCNC(=O)c2cc(NC(=O)c3nccn3C)cn2C)cc1C(=O)Nc1cc(C(=O)NCC[C@@H](N)C(=O)Nc2cc(C(=O)Nc3cc(C(=O)Nc4cc(C(=O)NCCC(=O)Nc5cc(C(N)=O)n(C)c5)n(C)c4)n(C)c3)n(C)c2)n(C)c1. The topological polar surface area (TPSA) is 439 Å². The standard InChI is InChI=1S/C61H73N21O13/c1-75-19-17-64-53(75)61(94)74-39-23-45(79(5)32-39)57(90)67-16-13-50(84)69-40-26-48(82(33-40)18-9-10-51(85)95-8)60(93)73-37-22-43(78(4)30-37)55(88)65-14-11-41(62)54(87)70-35-24-46(80(6)28-35)58(91)72-38-25-47(81(7)31-38)59(92)71-36-21-44(77(3)29-36)56(89)66-15-12-49(83)68-34-20-42(52(63)86)76(2)27-34/h17,19-33,41H,9-16,18,62H2,1-8H3,(H2,63,86)(H,65,88)(H,66,89)(H,67,90)(H,68,83)(H,69,84)(H,70,87)(H,71,92)(H,72,91)(H,73,93)(H,74,94)/t41-/m1/s1. The van der Waals surface area contributed by atoms with Gasteiger partial charge in [-0.25, -0.2) is 4.98 Å². The third kappa shape index (κ3) is 17.6. The van der Waals surface area contributed by atoms with Gasteiger partial charge in [-0.05, 0) is 55.3 Å². The monoisotopic (exact) mass is 1310 g/mol. The second-order valence-electron chi connectivity index (χ2n) is 22.1. The molecule has 0 fully saturated rings. The molecule has 0 saturated carbocycles. The lowest BCUT2D eigenvalue weighted by molar-refractivity contribution is -0.140. The van der Waals surface area contributed by atoms with Gasteiger partial charge in [0.05, 0.1) is 53.0 Å². The number of aryl methyl sites for hydroxylation is 8. The number of primary amides is 1. The van der Waals surface area contributed by atoms with Gasteiger partial charge in [0, 0.05) is 151 Å². The van der Waals surface area contributed by atoms with Crippen LogP contribution in [0.2, 0.25) is 0 Å². The van der Waals surface area contributed by atoms with Gasteiger partial charge in [0.15, 0.2) is 5.82 Å². The van der Waals surface area contributed by atoms with E-state index < -0.39 is 77.0 Å². The molecule has 0 aliphatic heterocycles. The molecule has 500 valence electrons. The van der Waals surface area contributed by atoms with Crippen LogP contribution in [0.15, 0.2) is 98.2 Å². The Morgan fingerprint density at radius 2 is 0.789 bits per heavy atom. The fraction of sp³-hybridized carbons (Fsp3) is 0.295. The van der Waals surface area contributed by atoms with Gasteiger partial charge in [-0.3, -0.25) is 57.5 Å². The molecule has 0 radical (unpaired) electrons. The number of carbonyl (C=O) groups excluding carboxylic acids is 12. The van der Waals surface area contributed by atoms with Crippen LogP contribution in [0.3, 0.4) is 0 Å². The number of hydrogen-bond acceptors (Lipinski definition) is 15. The molecule has 34 nitrogen and oxygen atoms in total. The highest BCUT2D eigenvalue weighted by Gasteiger charge is 2.24. The lowest BCUT2D eigenvalue weighted by atomic mass is 10.2. The third-order valence-corrected chi connectivity index (χ3v) is 14.8. The van der Waals surface area contributed by atoms with Crippen molar-refractivity contribution in [2.75, 3.05) is 64.0 Å². The highest BCUT2D eigenvalue weighted by atomic mass is 16.5. The van der Waals surface area contributed by atoms with Crippen LogP contribution in [0.1, 0.15) is 116 Å². The van der Waals surface area contributed by atoms with E-state index in [-0.39, 0.29) is 127 Å². The third-order valence-electron chi connectivity index (χ3n) is 14.8. The predicted octanol–water partition coefficient (Wildman–Crippen LogP) is 1.92. The minimum atomic E-state index is -1.10. The second kappa shape index (κ2) is 30.3. The summed E-state index contributed by atoms with van der Waals surface area (Å²) in [5, 5.41) is 27.1. The fourth-order valence-electron chi connectivity index (χ4n) is 9.98. The van der Waals surface area contributed by atoms with Gasteiger partial charge in [-0.1, -0.05) is 0 Å². The van der Waals surface area contributed by atoms with Gasteiger partial charge in [-0.15, -0.1) is 0 Å². The maximum absolute atomic E-state index is 13.8. The number of rotatable bonds is 29. The van der Waals surface area contributed by atoms with Crippen molar-refractivity contribution in [2.45, 2.75) is 44.7 Å². The van der Waals surface area contributed by atoms with Gasteiger partial charge in [0.1, 0.15) is 39.9 Å². The molecule has 11 amide bonds. The number of nitrogens with zero attached hydrogens (tertiary/aromatic N) is 9. The van der Waals surface area contributed by atoms with Gasteiger partial charge in [0.25, 0.3) is 47.3 Å². The molecule has 95 heavy (non-hydrogen) atoms. The molecule has 0 aliphatic carbocycles. The first-order valence-corrected chi connectivity index (χ1v) is 29.4. The van der Waals surface area contributed by atoms with Crippen molar-refractivity contribution in [1.82, 2.24) is 57.5 Å².